The Labute approximate surface area is 164 Å². The fourth-order valence-corrected chi connectivity index (χ4v) is 2.57. The third-order valence-corrected chi connectivity index (χ3v) is 4.35. The van der Waals surface area contributed by atoms with E-state index in [-0.39, 0.29) is 12.8 Å². The van der Waals surface area contributed by atoms with Crippen LogP contribution in [0.15, 0.2) is 0 Å². The Balaban J connectivity index is 4.31. The van der Waals surface area contributed by atoms with E-state index < -0.39 is 57.6 Å². The minimum absolute atomic E-state index is 0.122. The van der Waals surface area contributed by atoms with Gasteiger partial charge in [0, 0.05) is 12.8 Å². The second-order valence-electron chi connectivity index (χ2n) is 6.06. The summed E-state index contributed by atoms with van der Waals surface area (Å²) in [6, 6.07) is -1.53. The summed E-state index contributed by atoms with van der Waals surface area (Å²) in [5.41, 5.74) is 0. The molecule has 0 aromatic heterocycles. The molecule has 0 aromatic carbocycles. The van der Waals surface area contributed by atoms with Crippen LogP contribution in [0.3, 0.4) is 0 Å². The number of carboxylic acid groups (broad SMARTS) is 1. The van der Waals surface area contributed by atoms with Crippen molar-refractivity contribution in [3.8, 4) is 0 Å². The summed E-state index contributed by atoms with van der Waals surface area (Å²) in [7, 11) is -4.68. The number of esters is 1. The van der Waals surface area contributed by atoms with Gasteiger partial charge in [-0.05, 0) is 12.8 Å². The Morgan fingerprint density at radius 1 is 1.00 bits per heavy atom. The highest BCUT2D eigenvalue weighted by Gasteiger charge is 2.28. The predicted octanol–water partition coefficient (Wildman–Crippen LogP) is 0.974. The largest absolute Gasteiger partial charge is 0.480 e. The second-order valence-corrected chi connectivity index (χ2v) is 7.52. The molecule has 0 aliphatic carbocycles. The molecule has 0 aromatic rings. The van der Waals surface area contributed by atoms with E-state index in [1.807, 2.05) is 13.8 Å². The number of hydrogen-bond donors (Lipinski definition) is 4. The zero-order valence-electron chi connectivity index (χ0n) is 16.2. The number of aliphatic hydroxyl groups excluding tert-OH is 1. The number of phosphoric ester groups is 1. The zero-order chi connectivity index (χ0) is 21.6. The van der Waals surface area contributed by atoms with Crippen LogP contribution in [0.4, 0.5) is 0 Å². The van der Waals surface area contributed by atoms with E-state index in [2.05, 4.69) is 14.4 Å². The number of aliphatic hydroxyl groups is 1. The molecule has 0 aliphatic rings. The van der Waals surface area contributed by atoms with Gasteiger partial charge in [0.2, 0.25) is 5.91 Å². The van der Waals surface area contributed by atoms with Crippen LogP contribution in [0.1, 0.15) is 52.4 Å². The molecule has 0 fully saturated rings. The van der Waals surface area contributed by atoms with Crippen molar-refractivity contribution in [1.82, 2.24) is 5.32 Å². The highest BCUT2D eigenvalue weighted by atomic mass is 31.2. The third-order valence-electron chi connectivity index (χ3n) is 3.40. The fourth-order valence-electron chi connectivity index (χ4n) is 1.80. The number of unbranched alkanes of at least 4 members (excludes halogenated alkanes) is 2. The van der Waals surface area contributed by atoms with E-state index >= 15 is 0 Å². The first-order chi connectivity index (χ1) is 13.1. The lowest BCUT2D eigenvalue weighted by Gasteiger charge is -2.18. The summed E-state index contributed by atoms with van der Waals surface area (Å²) in [4.78, 5) is 43.6. The van der Waals surface area contributed by atoms with Crippen LogP contribution in [0.25, 0.3) is 0 Å². The van der Waals surface area contributed by atoms with Gasteiger partial charge in [-0.25, -0.2) is 9.36 Å². The summed E-state index contributed by atoms with van der Waals surface area (Å²) in [6.45, 7) is 1.87. The topological polar surface area (TPSA) is 169 Å². The minimum atomic E-state index is -4.68. The van der Waals surface area contributed by atoms with Crippen molar-refractivity contribution in [2.45, 2.75) is 64.5 Å². The SMILES string of the molecule is CCCCC(=O)NC(COP(=O)(O)OCC(O)COC(=O)CCCC)C(=O)O. The molecule has 0 aliphatic heterocycles. The quantitative estimate of drug-likeness (QED) is 0.206. The molecular weight excluding hydrogens is 397 g/mol. The Morgan fingerprint density at radius 3 is 2.14 bits per heavy atom. The molecule has 0 spiro atoms. The molecule has 0 saturated heterocycles. The van der Waals surface area contributed by atoms with Gasteiger partial charge in [-0.3, -0.25) is 18.6 Å². The number of carbonyl (C=O) groups excluding carboxylic acids is 2. The van der Waals surface area contributed by atoms with E-state index in [0.29, 0.717) is 12.8 Å². The maximum absolute atomic E-state index is 11.8. The number of amides is 1. The molecule has 0 heterocycles. The van der Waals surface area contributed by atoms with Gasteiger partial charge in [-0.1, -0.05) is 26.7 Å². The lowest BCUT2D eigenvalue weighted by molar-refractivity contribution is -0.147. The number of aliphatic carboxylic acids is 1. The van der Waals surface area contributed by atoms with Gasteiger partial charge in [0.25, 0.3) is 0 Å². The lowest BCUT2D eigenvalue weighted by atomic mass is 10.2. The monoisotopic (exact) mass is 427 g/mol. The highest BCUT2D eigenvalue weighted by Crippen LogP contribution is 2.43. The first-order valence-corrected chi connectivity index (χ1v) is 10.6. The Kier molecular flexibility index (Phi) is 13.7. The molecular formula is C16H30NO10P. The molecule has 28 heavy (non-hydrogen) atoms. The summed E-state index contributed by atoms with van der Waals surface area (Å²) in [5, 5.41) is 20.8. The van der Waals surface area contributed by atoms with Gasteiger partial charge < -0.3 is 25.2 Å². The Morgan fingerprint density at radius 2 is 1.57 bits per heavy atom. The van der Waals surface area contributed by atoms with Gasteiger partial charge in [-0.2, -0.15) is 0 Å². The molecule has 4 N–H and O–H groups in total. The molecule has 164 valence electrons. The van der Waals surface area contributed by atoms with Crippen molar-refractivity contribution in [2.75, 3.05) is 19.8 Å². The summed E-state index contributed by atoms with van der Waals surface area (Å²) in [6.07, 6.45) is 1.73. The number of nitrogens with one attached hydrogen (secondary N) is 1. The normalized spacial score (nSPS) is 15.3. The van der Waals surface area contributed by atoms with Gasteiger partial charge in [0.15, 0.2) is 6.04 Å². The molecule has 3 atom stereocenters. The van der Waals surface area contributed by atoms with E-state index in [9.17, 15) is 28.9 Å². The standard InChI is InChI=1S/C16H30NO10P/c1-3-5-7-14(19)17-13(16(21)22)11-27-28(23,24)26-10-12(18)9-25-15(20)8-6-4-2/h12-13,18H,3-11H2,1-2H3,(H,17,19)(H,21,22)(H,23,24). The average Bonchev–Trinajstić information content (AvgIpc) is 2.64. The maximum atomic E-state index is 11.8. The minimum Gasteiger partial charge on any atom is -0.480 e. The molecule has 1 amide bonds. The number of carbonyl (C=O) groups is 3. The van der Waals surface area contributed by atoms with Crippen LogP contribution >= 0.6 is 7.82 Å². The van der Waals surface area contributed by atoms with Gasteiger partial charge >= 0.3 is 19.8 Å². The van der Waals surface area contributed by atoms with E-state index in [4.69, 9.17) is 9.84 Å². The molecule has 0 saturated carbocycles. The van der Waals surface area contributed by atoms with Crippen molar-refractivity contribution in [3.63, 3.8) is 0 Å². The number of rotatable bonds is 16. The van der Waals surface area contributed by atoms with Crippen molar-refractivity contribution >= 4 is 25.7 Å². The third kappa shape index (κ3) is 13.6. The van der Waals surface area contributed by atoms with Crippen LogP contribution in [-0.4, -0.2) is 64.9 Å². The lowest BCUT2D eigenvalue weighted by Crippen LogP contribution is -2.43. The van der Waals surface area contributed by atoms with Crippen LogP contribution < -0.4 is 5.32 Å². The van der Waals surface area contributed by atoms with Crippen molar-refractivity contribution in [3.05, 3.63) is 0 Å². The predicted molar refractivity (Wildman–Crippen MR) is 97.3 cm³/mol. The summed E-state index contributed by atoms with van der Waals surface area (Å²) >= 11 is 0. The number of ether oxygens (including phenoxy) is 1. The van der Waals surface area contributed by atoms with E-state index in [1.165, 1.54) is 0 Å². The van der Waals surface area contributed by atoms with Crippen molar-refractivity contribution in [2.24, 2.45) is 0 Å². The molecule has 0 bridgehead atoms. The van der Waals surface area contributed by atoms with Gasteiger partial charge in [-0.15, -0.1) is 0 Å². The Bertz CT molecular complexity index is 542. The average molecular weight is 427 g/mol. The zero-order valence-corrected chi connectivity index (χ0v) is 17.1. The number of phosphoric acid groups is 1. The first-order valence-electron chi connectivity index (χ1n) is 9.09. The van der Waals surface area contributed by atoms with Gasteiger partial charge in [0.1, 0.15) is 12.7 Å². The van der Waals surface area contributed by atoms with Crippen LogP contribution in [0, 0.1) is 0 Å². The fraction of sp³-hybridized carbons (Fsp3) is 0.812. The number of carboxylic acids is 1. The number of hydrogen-bond acceptors (Lipinski definition) is 8. The first kappa shape index (κ1) is 26.5. The maximum Gasteiger partial charge on any atom is 0.472 e. The van der Waals surface area contributed by atoms with E-state index in [1.54, 1.807) is 0 Å². The smallest absolute Gasteiger partial charge is 0.472 e. The Hall–Kier alpha value is -1.52. The van der Waals surface area contributed by atoms with Gasteiger partial charge in [0.05, 0.1) is 13.2 Å². The van der Waals surface area contributed by atoms with Crippen molar-refractivity contribution in [1.29, 1.82) is 0 Å². The molecule has 11 nitrogen and oxygen atoms in total. The highest BCUT2D eigenvalue weighted by molar-refractivity contribution is 7.47. The molecule has 3 unspecified atom stereocenters. The summed E-state index contributed by atoms with van der Waals surface area (Å²) in [5.74, 6) is -2.47. The van der Waals surface area contributed by atoms with Crippen molar-refractivity contribution < 1.29 is 47.8 Å². The van der Waals surface area contributed by atoms with Crippen LogP contribution in [-0.2, 0) is 32.7 Å². The second kappa shape index (κ2) is 14.5. The van der Waals surface area contributed by atoms with Crippen LogP contribution in [0.2, 0.25) is 0 Å². The molecule has 0 radical (unpaired) electrons. The summed E-state index contributed by atoms with van der Waals surface area (Å²) < 4.78 is 25.6. The molecule has 12 heteroatoms. The van der Waals surface area contributed by atoms with Crippen LogP contribution in [0.5, 0.6) is 0 Å². The molecule has 0 rings (SSSR count). The van der Waals surface area contributed by atoms with E-state index in [0.717, 1.165) is 12.8 Å².